The summed E-state index contributed by atoms with van der Waals surface area (Å²) in [6.45, 7) is 6.90. The van der Waals surface area contributed by atoms with Gasteiger partial charge in [0.05, 0.1) is 0 Å². The number of anilines is 1. The Balaban J connectivity index is 2.11. The van der Waals surface area contributed by atoms with Gasteiger partial charge >= 0.3 is 0 Å². The molecule has 0 aliphatic heterocycles. The van der Waals surface area contributed by atoms with Gasteiger partial charge in [-0.3, -0.25) is 9.59 Å². The molecule has 0 bridgehead atoms. The van der Waals surface area contributed by atoms with Crippen molar-refractivity contribution in [1.29, 1.82) is 0 Å². The minimum Gasteiger partial charge on any atom is -0.342 e. The minimum atomic E-state index is -0.160. The van der Waals surface area contributed by atoms with Crippen molar-refractivity contribution in [3.63, 3.8) is 0 Å². The number of nitrogens with one attached hydrogen (secondary N) is 1. The third-order valence-electron chi connectivity index (χ3n) is 4.57. The second-order valence-corrected chi connectivity index (χ2v) is 6.57. The molecule has 0 heterocycles. The van der Waals surface area contributed by atoms with Crippen LogP contribution in [0.25, 0.3) is 0 Å². The van der Waals surface area contributed by atoms with Gasteiger partial charge in [0, 0.05) is 30.4 Å². The highest BCUT2D eigenvalue weighted by Gasteiger charge is 2.14. The molecule has 138 valence electrons. The molecular formula is C22H28N2O2. The predicted molar refractivity (Wildman–Crippen MR) is 107 cm³/mol. The van der Waals surface area contributed by atoms with E-state index in [-0.39, 0.29) is 11.8 Å². The molecule has 0 aliphatic carbocycles. The first-order valence-corrected chi connectivity index (χ1v) is 9.23. The topological polar surface area (TPSA) is 49.4 Å². The summed E-state index contributed by atoms with van der Waals surface area (Å²) in [5.41, 5.74) is 4.18. The summed E-state index contributed by atoms with van der Waals surface area (Å²) in [6, 6.07) is 12.9. The quantitative estimate of drug-likeness (QED) is 0.786. The summed E-state index contributed by atoms with van der Waals surface area (Å²) in [5, 5.41) is 3.01. The van der Waals surface area contributed by atoms with E-state index in [1.54, 1.807) is 29.2 Å². The van der Waals surface area contributed by atoms with E-state index in [9.17, 15) is 9.59 Å². The van der Waals surface area contributed by atoms with Gasteiger partial charge in [-0.05, 0) is 55.2 Å². The molecule has 0 saturated carbocycles. The largest absolute Gasteiger partial charge is 0.342 e. The van der Waals surface area contributed by atoms with Crippen molar-refractivity contribution in [3.05, 3.63) is 64.7 Å². The van der Waals surface area contributed by atoms with Crippen LogP contribution in [0.1, 0.15) is 58.5 Å². The smallest absolute Gasteiger partial charge is 0.255 e. The zero-order chi connectivity index (χ0) is 19.1. The fraction of sp³-hybridized carbons (Fsp3) is 0.364. The first-order chi connectivity index (χ1) is 12.5. The third-order valence-corrected chi connectivity index (χ3v) is 4.57. The fourth-order valence-corrected chi connectivity index (χ4v) is 2.87. The molecule has 2 aromatic carbocycles. The Morgan fingerprint density at radius 1 is 1.00 bits per heavy atom. The molecule has 0 saturated heterocycles. The summed E-state index contributed by atoms with van der Waals surface area (Å²) in [4.78, 5) is 26.7. The molecule has 0 atom stereocenters. The Kier molecular flexibility index (Phi) is 6.96. The third kappa shape index (κ3) is 4.72. The first kappa shape index (κ1) is 19.7. The van der Waals surface area contributed by atoms with Crippen LogP contribution in [0.3, 0.4) is 0 Å². The van der Waals surface area contributed by atoms with Gasteiger partial charge in [0.15, 0.2) is 0 Å². The molecule has 2 rings (SSSR count). The van der Waals surface area contributed by atoms with Gasteiger partial charge in [-0.25, -0.2) is 0 Å². The molecule has 4 heteroatoms. The number of hydrogen-bond acceptors (Lipinski definition) is 2. The lowest BCUT2D eigenvalue weighted by molar-refractivity contribution is 0.0792. The van der Waals surface area contributed by atoms with E-state index in [1.807, 2.05) is 32.2 Å². The molecule has 0 radical (unpaired) electrons. The van der Waals surface area contributed by atoms with Gasteiger partial charge in [0.25, 0.3) is 11.8 Å². The van der Waals surface area contributed by atoms with Crippen molar-refractivity contribution >= 4 is 17.5 Å². The van der Waals surface area contributed by atoms with E-state index in [0.29, 0.717) is 11.1 Å². The second-order valence-electron chi connectivity index (χ2n) is 6.57. The average molecular weight is 352 g/mol. The monoisotopic (exact) mass is 352 g/mol. The standard InChI is InChI=1S/C22H28N2O2/c1-5-7-15-24(4)22(26)19-13-11-18(12-14-19)21(25)23-20-16(3)9-8-10-17(20)6-2/h8-14H,5-7,15H2,1-4H3,(H,23,25). The van der Waals surface area contributed by atoms with Crippen LogP contribution >= 0.6 is 0 Å². The van der Waals surface area contributed by atoms with Crippen molar-refractivity contribution in [1.82, 2.24) is 4.90 Å². The van der Waals surface area contributed by atoms with Gasteiger partial charge in [-0.1, -0.05) is 38.5 Å². The zero-order valence-electron chi connectivity index (χ0n) is 16.1. The summed E-state index contributed by atoms with van der Waals surface area (Å²) in [6.07, 6.45) is 2.89. The molecule has 0 aromatic heterocycles. The van der Waals surface area contributed by atoms with Crippen LogP contribution in [0.4, 0.5) is 5.69 Å². The van der Waals surface area contributed by atoms with Crippen LogP contribution in [-0.4, -0.2) is 30.3 Å². The van der Waals surface area contributed by atoms with E-state index < -0.39 is 0 Å². The normalized spacial score (nSPS) is 10.5. The number of aryl methyl sites for hydroxylation is 2. The summed E-state index contributed by atoms with van der Waals surface area (Å²) in [5.74, 6) is -0.176. The van der Waals surface area contributed by atoms with Crippen LogP contribution in [0, 0.1) is 6.92 Å². The molecule has 0 spiro atoms. The Morgan fingerprint density at radius 3 is 2.27 bits per heavy atom. The summed E-state index contributed by atoms with van der Waals surface area (Å²) < 4.78 is 0. The lowest BCUT2D eigenvalue weighted by atomic mass is 10.0. The molecular weight excluding hydrogens is 324 g/mol. The van der Waals surface area contributed by atoms with E-state index in [4.69, 9.17) is 0 Å². The SMILES string of the molecule is CCCCN(C)C(=O)c1ccc(C(=O)Nc2c(C)cccc2CC)cc1. The molecule has 26 heavy (non-hydrogen) atoms. The summed E-state index contributed by atoms with van der Waals surface area (Å²) in [7, 11) is 1.81. The van der Waals surface area contributed by atoms with Crippen LogP contribution in [-0.2, 0) is 6.42 Å². The highest BCUT2D eigenvalue weighted by atomic mass is 16.2. The number of amides is 2. The Labute approximate surface area is 156 Å². The van der Waals surface area contributed by atoms with Crippen molar-refractivity contribution in [3.8, 4) is 0 Å². The number of hydrogen-bond donors (Lipinski definition) is 1. The molecule has 0 fully saturated rings. The maximum atomic E-state index is 12.6. The average Bonchev–Trinajstić information content (AvgIpc) is 2.67. The van der Waals surface area contributed by atoms with Crippen molar-refractivity contribution in [2.45, 2.75) is 40.0 Å². The number of unbranched alkanes of at least 4 members (excludes halogenated alkanes) is 1. The van der Waals surface area contributed by atoms with Crippen molar-refractivity contribution < 1.29 is 9.59 Å². The second kappa shape index (κ2) is 9.18. The van der Waals surface area contributed by atoms with Crippen molar-refractivity contribution in [2.75, 3.05) is 18.9 Å². The maximum absolute atomic E-state index is 12.6. The van der Waals surface area contributed by atoms with Crippen LogP contribution in [0.15, 0.2) is 42.5 Å². The number of carbonyl (C=O) groups is 2. The Bertz CT molecular complexity index is 766. The van der Waals surface area contributed by atoms with Gasteiger partial charge in [-0.15, -0.1) is 0 Å². The zero-order valence-corrected chi connectivity index (χ0v) is 16.1. The highest BCUT2D eigenvalue weighted by Crippen LogP contribution is 2.22. The molecule has 1 N–H and O–H groups in total. The van der Waals surface area contributed by atoms with E-state index in [2.05, 4.69) is 19.2 Å². The lowest BCUT2D eigenvalue weighted by Crippen LogP contribution is -2.27. The number of nitrogens with zero attached hydrogens (tertiary/aromatic N) is 1. The van der Waals surface area contributed by atoms with Crippen LogP contribution in [0.5, 0.6) is 0 Å². The minimum absolute atomic E-state index is 0.0161. The van der Waals surface area contributed by atoms with Crippen molar-refractivity contribution in [2.24, 2.45) is 0 Å². The van der Waals surface area contributed by atoms with Crippen LogP contribution < -0.4 is 5.32 Å². The number of benzene rings is 2. The maximum Gasteiger partial charge on any atom is 0.255 e. The van der Waals surface area contributed by atoms with Gasteiger partial charge < -0.3 is 10.2 Å². The molecule has 2 amide bonds. The van der Waals surface area contributed by atoms with E-state index in [0.717, 1.165) is 42.6 Å². The molecule has 0 unspecified atom stereocenters. The Hall–Kier alpha value is -2.62. The van der Waals surface area contributed by atoms with E-state index in [1.165, 1.54) is 0 Å². The van der Waals surface area contributed by atoms with Gasteiger partial charge in [0.1, 0.15) is 0 Å². The predicted octanol–water partition coefficient (Wildman–Crippen LogP) is 4.68. The first-order valence-electron chi connectivity index (χ1n) is 9.23. The summed E-state index contributed by atoms with van der Waals surface area (Å²) >= 11 is 0. The van der Waals surface area contributed by atoms with Gasteiger partial charge in [-0.2, -0.15) is 0 Å². The van der Waals surface area contributed by atoms with Crippen LogP contribution in [0.2, 0.25) is 0 Å². The molecule has 4 nitrogen and oxygen atoms in total. The number of carbonyl (C=O) groups excluding carboxylic acids is 2. The fourth-order valence-electron chi connectivity index (χ4n) is 2.87. The highest BCUT2D eigenvalue weighted by molar-refractivity contribution is 6.05. The van der Waals surface area contributed by atoms with E-state index >= 15 is 0 Å². The molecule has 0 aliphatic rings. The number of rotatable bonds is 7. The Morgan fingerprint density at radius 2 is 1.65 bits per heavy atom. The number of para-hydroxylation sites is 1. The lowest BCUT2D eigenvalue weighted by Gasteiger charge is -2.17. The molecule has 2 aromatic rings. The van der Waals surface area contributed by atoms with Gasteiger partial charge in [0.2, 0.25) is 0 Å².